The van der Waals surface area contributed by atoms with E-state index in [1.165, 1.54) is 0 Å². The van der Waals surface area contributed by atoms with Crippen molar-refractivity contribution in [3.05, 3.63) is 30.3 Å². The number of hydrogen-bond donors (Lipinski definition) is 1. The van der Waals surface area contributed by atoms with Gasteiger partial charge >= 0.3 is 6.11 Å². The van der Waals surface area contributed by atoms with Gasteiger partial charge < -0.3 is 0 Å². The third-order valence-electron chi connectivity index (χ3n) is 1.12. The van der Waals surface area contributed by atoms with E-state index in [9.17, 15) is 8.78 Å². The molecule has 0 unspecified atom stereocenters. The normalized spacial score (nSPS) is 11.2. The number of benzene rings is 1. The summed E-state index contributed by atoms with van der Waals surface area (Å²) in [4.78, 5) is 4.03. The number of nitrogens with one attached hydrogen (secondary N) is 1. The monoisotopic (exact) mass is 173 g/mol. The molecule has 4 heteroatoms. The van der Waals surface area contributed by atoms with Crippen LogP contribution in [0.15, 0.2) is 30.3 Å². The quantitative estimate of drug-likeness (QED) is 0.709. The van der Waals surface area contributed by atoms with E-state index in [1.807, 2.05) is 0 Å². The Morgan fingerprint density at radius 1 is 1.25 bits per heavy atom. The number of para-hydroxylation sites is 1. The van der Waals surface area contributed by atoms with Crippen molar-refractivity contribution < 1.29 is 13.6 Å². The van der Waals surface area contributed by atoms with E-state index >= 15 is 0 Å². The maximum atomic E-state index is 12.1. The van der Waals surface area contributed by atoms with Crippen LogP contribution in [0.1, 0.15) is 6.92 Å². The highest BCUT2D eigenvalue weighted by atomic mass is 19.3. The summed E-state index contributed by atoms with van der Waals surface area (Å²) in [5.41, 5.74) is 2.63. The van der Waals surface area contributed by atoms with Gasteiger partial charge in [-0.25, -0.2) is 4.84 Å². The number of anilines is 1. The van der Waals surface area contributed by atoms with Crippen LogP contribution in [0.3, 0.4) is 0 Å². The highest BCUT2D eigenvalue weighted by Crippen LogP contribution is 2.15. The molecule has 1 aromatic carbocycles. The van der Waals surface area contributed by atoms with Crippen molar-refractivity contribution in [2.24, 2.45) is 0 Å². The molecule has 0 amide bonds. The first-order chi connectivity index (χ1) is 5.58. The summed E-state index contributed by atoms with van der Waals surface area (Å²) in [5, 5.41) is 0. The minimum absolute atomic E-state index is 0.499. The fourth-order valence-corrected chi connectivity index (χ4v) is 0.655. The lowest BCUT2D eigenvalue weighted by atomic mass is 10.3. The molecule has 2 nitrogen and oxygen atoms in total. The maximum Gasteiger partial charge on any atom is 0.372 e. The van der Waals surface area contributed by atoms with Gasteiger partial charge in [-0.1, -0.05) is 18.2 Å². The van der Waals surface area contributed by atoms with E-state index in [4.69, 9.17) is 0 Å². The van der Waals surface area contributed by atoms with Gasteiger partial charge in [0.1, 0.15) is 0 Å². The first-order valence-electron chi connectivity index (χ1n) is 3.45. The molecule has 0 radical (unpaired) electrons. The van der Waals surface area contributed by atoms with Gasteiger partial charge in [-0.15, -0.1) is 0 Å². The fraction of sp³-hybridized carbons (Fsp3) is 0.250. The molecule has 0 aliphatic heterocycles. The molecule has 0 saturated heterocycles. The molecule has 1 aromatic rings. The van der Waals surface area contributed by atoms with Crippen molar-refractivity contribution >= 4 is 5.69 Å². The van der Waals surface area contributed by atoms with Gasteiger partial charge in [0.2, 0.25) is 0 Å². The lowest BCUT2D eigenvalue weighted by molar-refractivity contribution is -0.206. The fourth-order valence-electron chi connectivity index (χ4n) is 0.655. The largest absolute Gasteiger partial charge is 0.372 e. The van der Waals surface area contributed by atoms with Gasteiger partial charge in [-0.3, -0.25) is 5.48 Å². The van der Waals surface area contributed by atoms with Crippen molar-refractivity contribution in [1.29, 1.82) is 0 Å². The standard InChI is InChI=1S/C8H9F2NO/c1-8(9,10)12-11-7-5-3-2-4-6-7/h2-6,11H,1H3. The summed E-state index contributed by atoms with van der Waals surface area (Å²) in [6, 6.07) is 8.49. The molecule has 0 aliphatic rings. The van der Waals surface area contributed by atoms with Crippen LogP contribution in [0.4, 0.5) is 14.5 Å². The molecule has 12 heavy (non-hydrogen) atoms. The third kappa shape index (κ3) is 3.30. The van der Waals surface area contributed by atoms with Crippen LogP contribution in [-0.4, -0.2) is 6.11 Å². The Labute approximate surface area is 69.1 Å². The third-order valence-corrected chi connectivity index (χ3v) is 1.12. The Hall–Kier alpha value is -1.16. The summed E-state index contributed by atoms with van der Waals surface area (Å²) in [7, 11) is 0. The van der Waals surface area contributed by atoms with Gasteiger partial charge in [0.05, 0.1) is 5.69 Å². The number of alkyl halides is 2. The molecule has 1 rings (SSSR count). The molecule has 0 aliphatic carbocycles. The molecule has 66 valence electrons. The minimum Gasteiger partial charge on any atom is -0.261 e. The van der Waals surface area contributed by atoms with E-state index in [0.29, 0.717) is 12.6 Å². The second-order valence-electron chi connectivity index (χ2n) is 2.38. The van der Waals surface area contributed by atoms with Crippen LogP contribution in [-0.2, 0) is 4.84 Å². The Kier molecular flexibility index (Phi) is 2.60. The summed E-state index contributed by atoms with van der Waals surface area (Å²) >= 11 is 0. The average Bonchev–Trinajstić information content (AvgIpc) is 2.02. The Balaban J connectivity index is 2.44. The molecule has 0 atom stereocenters. The number of hydrogen-bond acceptors (Lipinski definition) is 2. The summed E-state index contributed by atoms with van der Waals surface area (Å²) in [6.07, 6.45) is -3.16. The molecule has 0 saturated carbocycles. The van der Waals surface area contributed by atoms with Crippen molar-refractivity contribution in [1.82, 2.24) is 0 Å². The van der Waals surface area contributed by atoms with Gasteiger partial charge in [0, 0.05) is 6.92 Å². The second kappa shape index (κ2) is 3.49. The van der Waals surface area contributed by atoms with Crippen molar-refractivity contribution in [2.75, 3.05) is 5.48 Å². The lowest BCUT2D eigenvalue weighted by Gasteiger charge is -2.11. The summed E-state index contributed by atoms with van der Waals surface area (Å²) in [6.45, 7) is 0.670. The Bertz CT molecular complexity index is 233. The Morgan fingerprint density at radius 2 is 1.83 bits per heavy atom. The van der Waals surface area contributed by atoms with Gasteiger partial charge in [-0.2, -0.15) is 8.78 Å². The van der Waals surface area contributed by atoms with Gasteiger partial charge in [0.25, 0.3) is 0 Å². The van der Waals surface area contributed by atoms with Crippen LogP contribution >= 0.6 is 0 Å². The number of halogens is 2. The summed E-state index contributed by atoms with van der Waals surface area (Å²) in [5.74, 6) is 0. The highest BCUT2D eigenvalue weighted by molar-refractivity contribution is 5.39. The van der Waals surface area contributed by atoms with Crippen LogP contribution in [0.2, 0.25) is 0 Å². The number of rotatable bonds is 3. The SMILES string of the molecule is CC(F)(F)ONc1ccccc1. The maximum absolute atomic E-state index is 12.1. The van der Waals surface area contributed by atoms with E-state index in [1.54, 1.807) is 30.3 Å². The molecular weight excluding hydrogens is 164 g/mol. The molecular formula is C8H9F2NO. The van der Waals surface area contributed by atoms with Crippen LogP contribution in [0.5, 0.6) is 0 Å². The second-order valence-corrected chi connectivity index (χ2v) is 2.38. The zero-order chi connectivity index (χ0) is 9.03. The summed E-state index contributed by atoms with van der Waals surface area (Å²) < 4.78 is 24.2. The molecule has 0 fully saturated rings. The molecule has 1 N–H and O–H groups in total. The predicted octanol–water partition coefficient (Wildman–Crippen LogP) is 2.64. The smallest absolute Gasteiger partial charge is 0.261 e. The van der Waals surface area contributed by atoms with Crippen LogP contribution in [0.25, 0.3) is 0 Å². The first kappa shape index (κ1) is 8.93. The zero-order valence-electron chi connectivity index (χ0n) is 6.55. The molecule has 0 spiro atoms. The lowest BCUT2D eigenvalue weighted by Crippen LogP contribution is -2.19. The van der Waals surface area contributed by atoms with E-state index in [2.05, 4.69) is 10.3 Å². The van der Waals surface area contributed by atoms with E-state index in [0.717, 1.165) is 0 Å². The van der Waals surface area contributed by atoms with Gasteiger partial charge in [0.15, 0.2) is 0 Å². The van der Waals surface area contributed by atoms with Crippen LogP contribution < -0.4 is 5.48 Å². The first-order valence-corrected chi connectivity index (χ1v) is 3.45. The predicted molar refractivity (Wildman–Crippen MR) is 41.8 cm³/mol. The van der Waals surface area contributed by atoms with Crippen molar-refractivity contribution in [3.63, 3.8) is 0 Å². The van der Waals surface area contributed by atoms with Crippen molar-refractivity contribution in [2.45, 2.75) is 13.0 Å². The average molecular weight is 173 g/mol. The topological polar surface area (TPSA) is 21.3 Å². The van der Waals surface area contributed by atoms with E-state index < -0.39 is 6.11 Å². The van der Waals surface area contributed by atoms with Crippen LogP contribution in [0, 0.1) is 0 Å². The van der Waals surface area contributed by atoms with Gasteiger partial charge in [-0.05, 0) is 12.1 Å². The molecule has 0 heterocycles. The zero-order valence-corrected chi connectivity index (χ0v) is 6.55. The molecule has 0 bridgehead atoms. The van der Waals surface area contributed by atoms with Crippen molar-refractivity contribution in [3.8, 4) is 0 Å². The molecule has 0 aromatic heterocycles. The minimum atomic E-state index is -3.16. The Morgan fingerprint density at radius 3 is 2.33 bits per heavy atom. The van der Waals surface area contributed by atoms with E-state index in [-0.39, 0.29) is 0 Å². The highest BCUT2D eigenvalue weighted by Gasteiger charge is 2.21.